The van der Waals surface area contributed by atoms with Crippen LogP contribution in [-0.4, -0.2) is 23.0 Å². The van der Waals surface area contributed by atoms with Gasteiger partial charge in [-0.05, 0) is 37.0 Å². The highest BCUT2D eigenvalue weighted by molar-refractivity contribution is 6.42. The van der Waals surface area contributed by atoms with Gasteiger partial charge in [0.2, 0.25) is 0 Å². The molecule has 1 fully saturated rings. The molecule has 0 radical (unpaired) electrons. The van der Waals surface area contributed by atoms with E-state index in [-0.39, 0.29) is 10.9 Å². The number of carbonyl (C=O) groups is 2. The zero-order chi connectivity index (χ0) is 13.3. The Kier molecular flexibility index (Phi) is 3.78. The van der Waals surface area contributed by atoms with Crippen molar-refractivity contribution in [2.75, 3.05) is 0 Å². The Bertz CT molecular complexity index is 500. The molecule has 4 nitrogen and oxygen atoms in total. The molecule has 1 atom stereocenters. The van der Waals surface area contributed by atoms with E-state index in [1.807, 2.05) is 0 Å². The molecular weight excluding hydrogens is 277 g/mol. The SMILES string of the molecule is O=C(NC(C(=O)O)C1CC1)c1ccc(Cl)c(Cl)c1. The van der Waals surface area contributed by atoms with Gasteiger partial charge in [-0.2, -0.15) is 0 Å². The summed E-state index contributed by atoms with van der Waals surface area (Å²) in [7, 11) is 0. The first-order valence-corrected chi connectivity index (χ1v) is 6.23. The second kappa shape index (κ2) is 5.16. The minimum Gasteiger partial charge on any atom is -0.480 e. The minimum absolute atomic E-state index is 0.0363. The molecule has 0 bridgehead atoms. The van der Waals surface area contributed by atoms with Crippen LogP contribution in [-0.2, 0) is 4.79 Å². The Morgan fingerprint density at radius 1 is 1.28 bits per heavy atom. The van der Waals surface area contributed by atoms with Crippen LogP contribution < -0.4 is 5.32 Å². The van der Waals surface area contributed by atoms with Gasteiger partial charge in [-0.1, -0.05) is 23.2 Å². The fraction of sp³-hybridized carbons (Fsp3) is 0.333. The number of benzene rings is 1. The Labute approximate surface area is 114 Å². The third-order valence-corrected chi connectivity index (χ3v) is 3.57. The van der Waals surface area contributed by atoms with Crippen molar-refractivity contribution in [1.29, 1.82) is 0 Å². The number of nitrogens with one attached hydrogen (secondary N) is 1. The maximum atomic E-state index is 11.9. The molecule has 2 N–H and O–H groups in total. The summed E-state index contributed by atoms with van der Waals surface area (Å²) in [6.45, 7) is 0. The van der Waals surface area contributed by atoms with Crippen molar-refractivity contribution in [3.63, 3.8) is 0 Å². The molecule has 0 aliphatic heterocycles. The lowest BCUT2D eigenvalue weighted by molar-refractivity contribution is -0.139. The van der Waals surface area contributed by atoms with E-state index in [0.29, 0.717) is 10.6 Å². The van der Waals surface area contributed by atoms with E-state index in [2.05, 4.69) is 5.32 Å². The maximum Gasteiger partial charge on any atom is 0.326 e. The Balaban J connectivity index is 2.10. The van der Waals surface area contributed by atoms with Gasteiger partial charge in [0, 0.05) is 5.56 Å². The van der Waals surface area contributed by atoms with Gasteiger partial charge in [-0.15, -0.1) is 0 Å². The van der Waals surface area contributed by atoms with Gasteiger partial charge in [0.1, 0.15) is 6.04 Å². The van der Waals surface area contributed by atoms with E-state index in [0.717, 1.165) is 12.8 Å². The number of carbonyl (C=O) groups excluding carboxylic acids is 1. The summed E-state index contributed by atoms with van der Waals surface area (Å²) in [6, 6.07) is 3.61. The third-order valence-electron chi connectivity index (χ3n) is 2.83. The summed E-state index contributed by atoms with van der Waals surface area (Å²) in [5.41, 5.74) is 0.302. The molecule has 1 aromatic rings. The van der Waals surface area contributed by atoms with Crippen LogP contribution in [0.2, 0.25) is 10.0 Å². The molecule has 0 aromatic heterocycles. The summed E-state index contributed by atoms with van der Waals surface area (Å²) in [5, 5.41) is 12.1. The van der Waals surface area contributed by atoms with Gasteiger partial charge in [-0.25, -0.2) is 4.79 Å². The minimum atomic E-state index is -1.01. The molecular formula is C12H11Cl2NO3. The zero-order valence-corrected chi connectivity index (χ0v) is 10.8. The molecule has 18 heavy (non-hydrogen) atoms. The topological polar surface area (TPSA) is 66.4 Å². The fourth-order valence-corrected chi connectivity index (χ4v) is 1.97. The van der Waals surface area contributed by atoms with Crippen LogP contribution in [0.1, 0.15) is 23.2 Å². The van der Waals surface area contributed by atoms with Crippen LogP contribution in [0.4, 0.5) is 0 Å². The van der Waals surface area contributed by atoms with Crippen molar-refractivity contribution in [2.45, 2.75) is 18.9 Å². The second-order valence-corrected chi connectivity index (χ2v) is 5.07. The number of amides is 1. The van der Waals surface area contributed by atoms with Crippen molar-refractivity contribution in [1.82, 2.24) is 5.32 Å². The molecule has 0 spiro atoms. The Morgan fingerprint density at radius 2 is 1.94 bits per heavy atom. The number of carboxylic acid groups (broad SMARTS) is 1. The molecule has 1 aromatic carbocycles. The van der Waals surface area contributed by atoms with Crippen molar-refractivity contribution in [3.05, 3.63) is 33.8 Å². The highest BCUT2D eigenvalue weighted by atomic mass is 35.5. The van der Waals surface area contributed by atoms with Crippen LogP contribution >= 0.6 is 23.2 Å². The first kappa shape index (κ1) is 13.2. The van der Waals surface area contributed by atoms with Crippen LogP contribution in [0.25, 0.3) is 0 Å². The zero-order valence-electron chi connectivity index (χ0n) is 9.32. The van der Waals surface area contributed by atoms with Crippen LogP contribution in [0.15, 0.2) is 18.2 Å². The van der Waals surface area contributed by atoms with E-state index in [1.54, 1.807) is 0 Å². The van der Waals surface area contributed by atoms with Crippen molar-refractivity contribution in [3.8, 4) is 0 Å². The number of hydrogen-bond donors (Lipinski definition) is 2. The van der Waals surface area contributed by atoms with E-state index in [1.165, 1.54) is 18.2 Å². The monoisotopic (exact) mass is 287 g/mol. The van der Waals surface area contributed by atoms with E-state index >= 15 is 0 Å². The van der Waals surface area contributed by atoms with Gasteiger partial charge in [0.15, 0.2) is 0 Å². The standard InChI is InChI=1S/C12H11Cl2NO3/c13-8-4-3-7(5-9(8)14)11(16)15-10(12(17)18)6-1-2-6/h3-6,10H,1-2H2,(H,15,16)(H,17,18). The second-order valence-electron chi connectivity index (χ2n) is 4.26. The predicted molar refractivity (Wildman–Crippen MR) is 68.1 cm³/mol. The van der Waals surface area contributed by atoms with Gasteiger partial charge in [0.25, 0.3) is 5.91 Å². The molecule has 6 heteroatoms. The van der Waals surface area contributed by atoms with E-state index in [4.69, 9.17) is 28.3 Å². The van der Waals surface area contributed by atoms with Crippen LogP contribution in [0.3, 0.4) is 0 Å². The normalized spacial score (nSPS) is 16.1. The lowest BCUT2D eigenvalue weighted by Gasteiger charge is -2.13. The summed E-state index contributed by atoms with van der Waals surface area (Å²) in [5.74, 6) is -1.42. The molecule has 96 valence electrons. The van der Waals surface area contributed by atoms with Crippen molar-refractivity contribution >= 4 is 35.1 Å². The predicted octanol–water partition coefficient (Wildman–Crippen LogP) is 2.59. The van der Waals surface area contributed by atoms with Gasteiger partial charge < -0.3 is 10.4 Å². The first-order chi connectivity index (χ1) is 8.49. The smallest absolute Gasteiger partial charge is 0.326 e. The van der Waals surface area contributed by atoms with Crippen LogP contribution in [0, 0.1) is 5.92 Å². The van der Waals surface area contributed by atoms with Gasteiger partial charge in [0.05, 0.1) is 10.0 Å². The lowest BCUT2D eigenvalue weighted by atomic mass is 10.1. The summed E-state index contributed by atoms with van der Waals surface area (Å²) in [6.07, 6.45) is 1.66. The first-order valence-electron chi connectivity index (χ1n) is 5.48. The highest BCUT2D eigenvalue weighted by Crippen LogP contribution is 2.33. The number of hydrogen-bond acceptors (Lipinski definition) is 2. The number of aliphatic carboxylic acids is 1. The Hall–Kier alpha value is -1.26. The van der Waals surface area contributed by atoms with Gasteiger partial charge in [-0.3, -0.25) is 4.79 Å². The summed E-state index contributed by atoms with van der Waals surface area (Å²) >= 11 is 11.5. The molecule has 0 saturated heterocycles. The van der Waals surface area contributed by atoms with Crippen LogP contribution in [0.5, 0.6) is 0 Å². The third kappa shape index (κ3) is 2.94. The van der Waals surface area contributed by atoms with Crippen molar-refractivity contribution < 1.29 is 14.7 Å². The average Bonchev–Trinajstić information content (AvgIpc) is 3.13. The molecule has 1 saturated carbocycles. The molecule has 0 heterocycles. The maximum absolute atomic E-state index is 11.9. The van der Waals surface area contributed by atoms with E-state index in [9.17, 15) is 9.59 Å². The van der Waals surface area contributed by atoms with Crippen molar-refractivity contribution in [2.24, 2.45) is 5.92 Å². The largest absolute Gasteiger partial charge is 0.480 e. The van der Waals surface area contributed by atoms with E-state index < -0.39 is 17.9 Å². The fourth-order valence-electron chi connectivity index (χ4n) is 1.67. The average molecular weight is 288 g/mol. The number of halogens is 2. The number of carboxylic acids is 1. The Morgan fingerprint density at radius 3 is 2.44 bits per heavy atom. The quantitative estimate of drug-likeness (QED) is 0.895. The molecule has 2 rings (SSSR count). The van der Waals surface area contributed by atoms with Gasteiger partial charge >= 0.3 is 5.97 Å². The summed E-state index contributed by atoms with van der Waals surface area (Å²) in [4.78, 5) is 22.9. The molecule has 1 aliphatic carbocycles. The molecule has 1 amide bonds. The summed E-state index contributed by atoms with van der Waals surface area (Å²) < 4.78 is 0. The molecule has 1 unspecified atom stereocenters. The number of rotatable bonds is 4. The highest BCUT2D eigenvalue weighted by Gasteiger charge is 2.37. The lowest BCUT2D eigenvalue weighted by Crippen LogP contribution is -2.42. The molecule has 1 aliphatic rings.